The van der Waals surface area contributed by atoms with Crippen LogP contribution in [0.25, 0.3) is 0 Å². The first-order valence-electron chi connectivity index (χ1n) is 15.6. The summed E-state index contributed by atoms with van der Waals surface area (Å²) in [6, 6.07) is -0.759. The van der Waals surface area contributed by atoms with Gasteiger partial charge in [-0.15, -0.1) is 13.2 Å². The Hall–Kier alpha value is -2.19. The van der Waals surface area contributed by atoms with Crippen molar-refractivity contribution < 1.29 is 24.2 Å². The maximum Gasteiger partial charge on any atom is 0.248 e. The van der Waals surface area contributed by atoms with Gasteiger partial charge in [-0.1, -0.05) is 58.6 Å². The van der Waals surface area contributed by atoms with E-state index in [-0.39, 0.29) is 30.2 Å². The van der Waals surface area contributed by atoms with E-state index in [1.54, 1.807) is 22.0 Å². The summed E-state index contributed by atoms with van der Waals surface area (Å²) in [7, 11) is 0. The Morgan fingerprint density at radius 1 is 1.00 bits per heavy atom. The lowest BCUT2D eigenvalue weighted by Crippen LogP contribution is -2.57. The fraction of sp³-hybridized carbons (Fsp3) is 0.781. The molecule has 1 spiro atoms. The zero-order valence-corrected chi connectivity index (χ0v) is 25.4. The van der Waals surface area contributed by atoms with Crippen LogP contribution in [0.2, 0.25) is 0 Å². The van der Waals surface area contributed by atoms with E-state index in [0.717, 1.165) is 51.4 Å². The number of hydrogen-bond acceptors (Lipinski definition) is 5. The highest BCUT2D eigenvalue weighted by molar-refractivity contribution is 5.99. The summed E-state index contributed by atoms with van der Waals surface area (Å²) >= 11 is 0. The van der Waals surface area contributed by atoms with Crippen molar-refractivity contribution >= 4 is 17.7 Å². The van der Waals surface area contributed by atoms with Gasteiger partial charge in [-0.3, -0.25) is 14.4 Å². The minimum atomic E-state index is -1.02. The number of rotatable bonds is 18. The molecule has 8 nitrogen and oxygen atoms in total. The van der Waals surface area contributed by atoms with Gasteiger partial charge in [-0.05, 0) is 44.9 Å². The number of carbonyl (C=O) groups is 3. The zero-order chi connectivity index (χ0) is 29.5. The predicted molar refractivity (Wildman–Crippen MR) is 157 cm³/mol. The normalized spacial score (nSPS) is 30.4. The van der Waals surface area contributed by atoms with Crippen LogP contribution >= 0.6 is 0 Å². The summed E-state index contributed by atoms with van der Waals surface area (Å²) in [5.41, 5.74) is -1.84. The second-order valence-electron chi connectivity index (χ2n) is 12.2. The topological polar surface area (TPSA) is 90.4 Å². The van der Waals surface area contributed by atoms with Crippen molar-refractivity contribution in [3.8, 4) is 0 Å². The van der Waals surface area contributed by atoms with Crippen LogP contribution < -0.4 is 0 Å². The monoisotopic (exact) mass is 559 g/mol. The second-order valence-corrected chi connectivity index (χ2v) is 12.2. The molecule has 0 aliphatic carbocycles. The van der Waals surface area contributed by atoms with E-state index in [4.69, 9.17) is 4.74 Å². The number of unbranched alkanes of at least 4 members (excludes halogenated alkanes) is 5. The number of hydrogen-bond donors (Lipinski definition) is 1. The van der Waals surface area contributed by atoms with Crippen molar-refractivity contribution in [3.63, 3.8) is 0 Å². The van der Waals surface area contributed by atoms with Gasteiger partial charge < -0.3 is 24.5 Å². The molecule has 8 heteroatoms. The SMILES string of the molecule is C=CCN(CCCCC)C(=O)C1N(CCCCCCO)C(=O)[C@@H]2[C@@H](C(=O)N(CC=C)CCC)[C@]3(C)OC12CC3C. The van der Waals surface area contributed by atoms with Gasteiger partial charge in [0, 0.05) is 39.3 Å². The van der Waals surface area contributed by atoms with E-state index in [1.165, 1.54) is 0 Å². The van der Waals surface area contributed by atoms with Gasteiger partial charge in [0.25, 0.3) is 0 Å². The maximum atomic E-state index is 14.4. The van der Waals surface area contributed by atoms with Crippen molar-refractivity contribution in [1.29, 1.82) is 0 Å². The van der Waals surface area contributed by atoms with Gasteiger partial charge in [0.15, 0.2) is 0 Å². The van der Waals surface area contributed by atoms with Crippen LogP contribution in [0.4, 0.5) is 0 Å². The van der Waals surface area contributed by atoms with Crippen LogP contribution in [0.1, 0.15) is 85.5 Å². The van der Waals surface area contributed by atoms with Gasteiger partial charge in [-0.2, -0.15) is 0 Å². The number of aliphatic hydroxyl groups is 1. The Balaban J connectivity index is 2.03. The molecule has 3 unspecified atom stereocenters. The smallest absolute Gasteiger partial charge is 0.248 e. The minimum absolute atomic E-state index is 0.0189. The van der Waals surface area contributed by atoms with Crippen LogP contribution in [-0.4, -0.2) is 94.1 Å². The first kappa shape index (κ1) is 32.3. The molecule has 3 fully saturated rings. The Bertz CT molecular complexity index is 924. The highest BCUT2D eigenvalue weighted by Gasteiger charge is 2.80. The van der Waals surface area contributed by atoms with E-state index < -0.39 is 29.1 Å². The Kier molecular flexibility index (Phi) is 11.4. The summed E-state index contributed by atoms with van der Waals surface area (Å²) in [6.45, 7) is 18.6. The number of aliphatic hydroxyl groups excluding tert-OH is 1. The molecule has 0 aromatic carbocycles. The number of amides is 3. The lowest BCUT2D eigenvalue weighted by Gasteiger charge is -2.39. The molecular formula is C32H53N3O5. The van der Waals surface area contributed by atoms with Crippen LogP contribution in [0.3, 0.4) is 0 Å². The third-order valence-electron chi connectivity index (χ3n) is 9.47. The van der Waals surface area contributed by atoms with Gasteiger partial charge >= 0.3 is 0 Å². The average molecular weight is 560 g/mol. The van der Waals surface area contributed by atoms with Gasteiger partial charge in [0.05, 0.1) is 17.4 Å². The molecule has 2 bridgehead atoms. The predicted octanol–water partition coefficient (Wildman–Crippen LogP) is 4.18. The van der Waals surface area contributed by atoms with E-state index in [9.17, 15) is 19.5 Å². The molecule has 40 heavy (non-hydrogen) atoms. The molecule has 3 aliphatic rings. The van der Waals surface area contributed by atoms with Crippen LogP contribution in [0.5, 0.6) is 0 Å². The number of carbonyl (C=O) groups excluding carboxylic acids is 3. The molecule has 3 heterocycles. The molecule has 6 atom stereocenters. The molecule has 3 saturated heterocycles. The lowest BCUT2D eigenvalue weighted by molar-refractivity contribution is -0.154. The number of ether oxygens (including phenoxy) is 1. The summed E-state index contributed by atoms with van der Waals surface area (Å²) in [6.07, 6.45) is 11.0. The van der Waals surface area contributed by atoms with Gasteiger partial charge in [-0.25, -0.2) is 0 Å². The fourth-order valence-electron chi connectivity index (χ4n) is 7.47. The molecular weight excluding hydrogens is 506 g/mol. The highest BCUT2D eigenvalue weighted by atomic mass is 16.5. The molecule has 3 aliphatic heterocycles. The second kappa shape index (κ2) is 14.1. The maximum absolute atomic E-state index is 14.4. The van der Waals surface area contributed by atoms with Gasteiger partial charge in [0.1, 0.15) is 11.6 Å². The fourth-order valence-corrected chi connectivity index (χ4v) is 7.47. The minimum Gasteiger partial charge on any atom is -0.396 e. The number of likely N-dealkylation sites (tertiary alicyclic amines) is 1. The van der Waals surface area contributed by atoms with Crippen molar-refractivity contribution in [2.75, 3.05) is 39.3 Å². The molecule has 3 rings (SSSR count). The average Bonchev–Trinajstić information content (AvgIpc) is 3.43. The summed E-state index contributed by atoms with van der Waals surface area (Å²) in [5, 5.41) is 9.18. The standard InChI is InChI=1S/C32H53N3O5/c1-7-11-14-20-34(19-10-4)30(39)27-32-23-24(5)31(6,40-32)25(28(37)33(17-8-2)18-9-3)26(32)29(38)35(27)21-15-12-13-16-22-36/h8,10,24-27,36H,2,4,7,9,11-23H2,1,3,5-6H3/t24?,25-,26-,27?,31+,32?/m0/s1. The highest BCUT2D eigenvalue weighted by Crippen LogP contribution is 2.65. The van der Waals surface area contributed by atoms with Crippen LogP contribution in [-0.2, 0) is 19.1 Å². The molecule has 0 saturated carbocycles. The Labute approximate surface area is 241 Å². The van der Waals surface area contributed by atoms with Crippen molar-refractivity contribution in [2.45, 2.75) is 103 Å². The first-order valence-corrected chi connectivity index (χ1v) is 15.6. The summed E-state index contributed by atoms with van der Waals surface area (Å²) in [4.78, 5) is 48.4. The number of fused-ring (bicyclic) bond motifs is 1. The van der Waals surface area contributed by atoms with Crippen molar-refractivity contribution in [1.82, 2.24) is 14.7 Å². The van der Waals surface area contributed by atoms with Crippen molar-refractivity contribution in [3.05, 3.63) is 25.3 Å². The number of nitrogens with zero attached hydrogens (tertiary/aromatic N) is 3. The molecule has 0 radical (unpaired) electrons. The van der Waals surface area contributed by atoms with E-state index >= 15 is 0 Å². The van der Waals surface area contributed by atoms with Gasteiger partial charge in [0.2, 0.25) is 17.7 Å². The Morgan fingerprint density at radius 2 is 1.65 bits per heavy atom. The molecule has 226 valence electrons. The van der Waals surface area contributed by atoms with Crippen molar-refractivity contribution in [2.24, 2.45) is 17.8 Å². The van der Waals surface area contributed by atoms with E-state index in [2.05, 4.69) is 27.0 Å². The van der Waals surface area contributed by atoms with E-state index in [0.29, 0.717) is 39.1 Å². The quantitative estimate of drug-likeness (QED) is 0.201. The third kappa shape index (κ3) is 5.89. The molecule has 0 aromatic heterocycles. The third-order valence-corrected chi connectivity index (χ3v) is 9.47. The van der Waals surface area contributed by atoms with E-state index in [1.807, 2.05) is 18.7 Å². The molecule has 1 N–H and O–H groups in total. The van der Waals surface area contributed by atoms with Crippen LogP contribution in [0.15, 0.2) is 25.3 Å². The van der Waals surface area contributed by atoms with Crippen LogP contribution in [0, 0.1) is 17.8 Å². The molecule has 0 aromatic rings. The molecule has 3 amide bonds. The first-order chi connectivity index (χ1) is 19.2. The summed E-state index contributed by atoms with van der Waals surface area (Å²) < 4.78 is 6.91. The summed E-state index contributed by atoms with van der Waals surface area (Å²) in [5.74, 6) is -1.60. The zero-order valence-electron chi connectivity index (χ0n) is 25.4. The largest absolute Gasteiger partial charge is 0.396 e. The Morgan fingerprint density at radius 3 is 2.25 bits per heavy atom. The lowest BCUT2D eigenvalue weighted by atomic mass is 9.62.